The van der Waals surface area contributed by atoms with Gasteiger partial charge < -0.3 is 21.5 Å². The standard InChI is InChI=1S/C19H20Cl2N4O3/c20-13-3-1-12(2-4-13)9-16(10-17(22)25-18(27)11-26)24-19(28)23-15-7-5-14(21)6-8-15/h1-8,16,26H,9-11H2,(H2,22,25,27)(H2,23,24,28)/t16-/m0/s1. The second kappa shape index (κ2) is 10.7. The molecule has 0 unspecified atom stereocenters. The van der Waals surface area contributed by atoms with E-state index in [0.717, 1.165) is 5.56 Å². The van der Waals surface area contributed by atoms with Crippen LogP contribution in [0, 0.1) is 0 Å². The fourth-order valence-corrected chi connectivity index (χ4v) is 2.71. The molecule has 2 aromatic carbocycles. The van der Waals surface area contributed by atoms with Gasteiger partial charge in [-0.2, -0.15) is 4.99 Å². The molecular formula is C19H20Cl2N4O3. The highest BCUT2D eigenvalue weighted by Crippen LogP contribution is 2.14. The maximum absolute atomic E-state index is 12.3. The summed E-state index contributed by atoms with van der Waals surface area (Å²) in [5.74, 6) is -0.724. The van der Waals surface area contributed by atoms with Gasteiger partial charge in [0, 0.05) is 28.2 Å². The molecule has 1 atom stereocenters. The molecule has 5 N–H and O–H groups in total. The van der Waals surface area contributed by atoms with Crippen molar-refractivity contribution in [3.8, 4) is 0 Å². The van der Waals surface area contributed by atoms with Crippen LogP contribution in [0.25, 0.3) is 0 Å². The quantitative estimate of drug-likeness (QED) is 0.405. The molecule has 7 nitrogen and oxygen atoms in total. The number of amides is 3. The summed E-state index contributed by atoms with van der Waals surface area (Å²) < 4.78 is 0. The van der Waals surface area contributed by atoms with E-state index in [-0.39, 0.29) is 12.3 Å². The number of anilines is 1. The van der Waals surface area contributed by atoms with Crippen LogP contribution in [0.2, 0.25) is 10.0 Å². The largest absolute Gasteiger partial charge is 0.387 e. The average molecular weight is 423 g/mol. The average Bonchev–Trinajstić information content (AvgIpc) is 2.65. The van der Waals surface area contributed by atoms with Crippen molar-refractivity contribution in [2.75, 3.05) is 11.9 Å². The molecule has 0 aliphatic carbocycles. The molecule has 0 aromatic heterocycles. The summed E-state index contributed by atoms with van der Waals surface area (Å²) in [6.07, 6.45) is 0.567. The smallest absolute Gasteiger partial charge is 0.319 e. The van der Waals surface area contributed by atoms with E-state index in [4.69, 9.17) is 34.0 Å². The lowest BCUT2D eigenvalue weighted by Gasteiger charge is -2.19. The Morgan fingerprint density at radius 1 is 1.04 bits per heavy atom. The molecule has 0 heterocycles. The predicted octanol–water partition coefficient (Wildman–Crippen LogP) is 2.99. The molecule has 0 saturated heterocycles. The number of aliphatic hydroxyl groups is 1. The predicted molar refractivity (Wildman–Crippen MR) is 111 cm³/mol. The normalized spacial score (nSPS) is 12.3. The first-order valence-electron chi connectivity index (χ1n) is 8.40. The van der Waals surface area contributed by atoms with Crippen LogP contribution in [-0.2, 0) is 11.2 Å². The van der Waals surface area contributed by atoms with Crippen LogP contribution >= 0.6 is 23.2 Å². The number of hydrogen-bond acceptors (Lipinski definition) is 3. The molecular weight excluding hydrogens is 403 g/mol. The molecule has 2 aromatic rings. The lowest BCUT2D eigenvalue weighted by molar-refractivity contribution is -0.120. The highest BCUT2D eigenvalue weighted by molar-refractivity contribution is 6.30. The number of aliphatic imine (C=N–C) groups is 1. The van der Waals surface area contributed by atoms with Crippen LogP contribution in [0.1, 0.15) is 12.0 Å². The van der Waals surface area contributed by atoms with Crippen LogP contribution < -0.4 is 16.4 Å². The number of nitrogens with two attached hydrogens (primary N) is 1. The highest BCUT2D eigenvalue weighted by atomic mass is 35.5. The van der Waals surface area contributed by atoms with Gasteiger partial charge in [0.1, 0.15) is 12.4 Å². The summed E-state index contributed by atoms with van der Waals surface area (Å²) >= 11 is 11.7. The Balaban J connectivity index is 2.08. The highest BCUT2D eigenvalue weighted by Gasteiger charge is 2.16. The van der Waals surface area contributed by atoms with Crippen molar-refractivity contribution in [1.29, 1.82) is 0 Å². The first-order valence-corrected chi connectivity index (χ1v) is 9.15. The summed E-state index contributed by atoms with van der Waals surface area (Å²) in [6.45, 7) is -0.729. The maximum atomic E-state index is 12.3. The Kier molecular flexibility index (Phi) is 8.25. The van der Waals surface area contributed by atoms with Gasteiger partial charge >= 0.3 is 6.03 Å². The van der Waals surface area contributed by atoms with Crippen molar-refractivity contribution >= 4 is 46.7 Å². The minimum Gasteiger partial charge on any atom is -0.387 e. The lowest BCUT2D eigenvalue weighted by Crippen LogP contribution is -2.41. The second-order valence-electron chi connectivity index (χ2n) is 5.99. The number of hydrogen-bond donors (Lipinski definition) is 4. The number of urea groups is 1. The van der Waals surface area contributed by atoms with Gasteiger partial charge in [0.05, 0.1) is 0 Å². The number of nitrogens with zero attached hydrogens (tertiary/aromatic N) is 1. The maximum Gasteiger partial charge on any atom is 0.319 e. The number of benzene rings is 2. The lowest BCUT2D eigenvalue weighted by atomic mass is 10.0. The van der Waals surface area contributed by atoms with Crippen molar-refractivity contribution in [2.45, 2.75) is 18.9 Å². The second-order valence-corrected chi connectivity index (χ2v) is 6.86. The molecule has 0 saturated carbocycles. The molecule has 0 aliphatic rings. The number of aliphatic hydroxyl groups excluding tert-OH is 1. The zero-order valence-corrected chi connectivity index (χ0v) is 16.4. The van der Waals surface area contributed by atoms with Crippen LogP contribution in [0.5, 0.6) is 0 Å². The third kappa shape index (κ3) is 7.56. The van der Waals surface area contributed by atoms with E-state index < -0.39 is 24.6 Å². The van der Waals surface area contributed by atoms with Crippen LogP contribution in [0.3, 0.4) is 0 Å². The Hall–Kier alpha value is -2.61. The van der Waals surface area contributed by atoms with Crippen LogP contribution in [0.4, 0.5) is 10.5 Å². The number of rotatable bonds is 7. The fraction of sp³-hybridized carbons (Fsp3) is 0.211. The first-order chi connectivity index (χ1) is 13.4. The van der Waals surface area contributed by atoms with Crippen molar-refractivity contribution in [3.63, 3.8) is 0 Å². The molecule has 0 spiro atoms. The van der Waals surface area contributed by atoms with Crippen molar-refractivity contribution < 1.29 is 14.7 Å². The topological polar surface area (TPSA) is 117 Å². The number of nitrogens with one attached hydrogen (secondary N) is 2. The Morgan fingerprint density at radius 3 is 2.18 bits per heavy atom. The third-order valence-corrected chi connectivity index (χ3v) is 4.20. The van der Waals surface area contributed by atoms with E-state index in [0.29, 0.717) is 22.2 Å². The van der Waals surface area contributed by atoms with Crippen LogP contribution in [0.15, 0.2) is 53.5 Å². The van der Waals surface area contributed by atoms with Gasteiger partial charge in [0.15, 0.2) is 0 Å². The van der Waals surface area contributed by atoms with Crippen molar-refractivity contribution in [3.05, 3.63) is 64.1 Å². The Labute approximate surface area is 172 Å². The molecule has 0 aliphatic heterocycles. The van der Waals surface area contributed by atoms with Crippen molar-refractivity contribution in [2.24, 2.45) is 10.7 Å². The molecule has 0 bridgehead atoms. The Morgan fingerprint density at radius 2 is 1.61 bits per heavy atom. The van der Waals surface area contributed by atoms with E-state index in [1.807, 2.05) is 12.1 Å². The molecule has 0 fully saturated rings. The molecule has 28 heavy (non-hydrogen) atoms. The number of carbonyl (C=O) groups is 2. The molecule has 148 valence electrons. The minimum absolute atomic E-state index is 0.0183. The van der Waals surface area contributed by atoms with Gasteiger partial charge in [-0.05, 0) is 48.4 Å². The Bertz CT molecular complexity index is 839. The van der Waals surface area contributed by atoms with E-state index >= 15 is 0 Å². The summed E-state index contributed by atoms with van der Waals surface area (Å²) in [7, 11) is 0. The van der Waals surface area contributed by atoms with Gasteiger partial charge in [-0.15, -0.1) is 0 Å². The van der Waals surface area contributed by atoms with Gasteiger partial charge in [-0.1, -0.05) is 35.3 Å². The molecule has 3 amide bonds. The SMILES string of the molecule is NC(C[C@H](Cc1ccc(Cl)cc1)NC(=O)Nc1ccc(Cl)cc1)=NC(=O)CO. The zero-order chi connectivity index (χ0) is 20.5. The monoisotopic (exact) mass is 422 g/mol. The summed E-state index contributed by atoms with van der Waals surface area (Å²) in [6, 6.07) is 12.9. The molecule has 9 heteroatoms. The number of halogens is 2. The van der Waals surface area contributed by atoms with Gasteiger partial charge in [-0.3, -0.25) is 4.79 Å². The number of carbonyl (C=O) groups excluding carboxylic acids is 2. The van der Waals surface area contributed by atoms with Gasteiger partial charge in [0.2, 0.25) is 0 Å². The van der Waals surface area contributed by atoms with Crippen LogP contribution in [-0.4, -0.2) is 35.5 Å². The van der Waals surface area contributed by atoms with E-state index in [1.54, 1.807) is 36.4 Å². The summed E-state index contributed by atoms with van der Waals surface area (Å²) in [4.78, 5) is 27.2. The zero-order valence-electron chi connectivity index (χ0n) is 14.9. The van der Waals surface area contributed by atoms with Gasteiger partial charge in [-0.25, -0.2) is 4.79 Å². The fourth-order valence-electron chi connectivity index (χ4n) is 2.46. The van der Waals surface area contributed by atoms with Gasteiger partial charge in [0.25, 0.3) is 5.91 Å². The van der Waals surface area contributed by atoms with E-state index in [2.05, 4.69) is 15.6 Å². The molecule has 2 rings (SSSR count). The van der Waals surface area contributed by atoms with E-state index in [9.17, 15) is 9.59 Å². The minimum atomic E-state index is -0.742. The van der Waals surface area contributed by atoms with E-state index in [1.165, 1.54) is 0 Å². The molecule has 0 radical (unpaired) electrons. The number of amidine groups is 1. The summed E-state index contributed by atoms with van der Waals surface area (Å²) in [5.41, 5.74) is 7.28. The first kappa shape index (κ1) is 21.7. The summed E-state index contributed by atoms with van der Waals surface area (Å²) in [5, 5.41) is 15.5. The third-order valence-electron chi connectivity index (χ3n) is 3.69. The van der Waals surface area contributed by atoms with Crippen molar-refractivity contribution in [1.82, 2.24) is 5.32 Å².